The molecule has 1 amide bonds. The van der Waals surface area contributed by atoms with Crippen molar-refractivity contribution in [3.8, 4) is 0 Å². The van der Waals surface area contributed by atoms with Crippen LogP contribution in [0.25, 0.3) is 0 Å². The molecule has 1 aliphatic rings. The largest absolute Gasteiger partial charge is 0.391 e. The second-order valence-electron chi connectivity index (χ2n) is 4.27. The van der Waals surface area contributed by atoms with Gasteiger partial charge >= 0.3 is 0 Å². The van der Waals surface area contributed by atoms with E-state index in [9.17, 15) is 9.90 Å². The molecule has 1 aromatic heterocycles. The molecule has 0 aliphatic heterocycles. The maximum absolute atomic E-state index is 11.9. The second-order valence-corrected chi connectivity index (χ2v) is 4.63. The number of aliphatic hydroxyl groups is 1. The van der Waals surface area contributed by atoms with Crippen LogP contribution in [0.15, 0.2) is 18.3 Å². The third-order valence-corrected chi connectivity index (χ3v) is 3.35. The number of rotatable bonds is 2. The minimum atomic E-state index is -0.455. The van der Waals surface area contributed by atoms with Crippen LogP contribution < -0.4 is 5.32 Å². The SMILES string of the molecule is O=C(NC1CCCCC1O)c1cccnc1Cl. The van der Waals surface area contributed by atoms with E-state index in [-0.39, 0.29) is 17.1 Å². The predicted molar refractivity (Wildman–Crippen MR) is 65.0 cm³/mol. The molecule has 0 spiro atoms. The highest BCUT2D eigenvalue weighted by Crippen LogP contribution is 2.19. The zero-order chi connectivity index (χ0) is 12.3. The van der Waals surface area contributed by atoms with Crippen molar-refractivity contribution < 1.29 is 9.90 Å². The van der Waals surface area contributed by atoms with Gasteiger partial charge in [-0.3, -0.25) is 4.79 Å². The van der Waals surface area contributed by atoms with Gasteiger partial charge < -0.3 is 10.4 Å². The Morgan fingerprint density at radius 1 is 1.47 bits per heavy atom. The molecule has 4 nitrogen and oxygen atoms in total. The Morgan fingerprint density at radius 2 is 2.24 bits per heavy atom. The fourth-order valence-corrected chi connectivity index (χ4v) is 2.29. The standard InChI is InChI=1S/C12H15ClN2O2/c13-11-8(4-3-7-14-11)12(17)15-9-5-1-2-6-10(9)16/h3-4,7,9-10,16H,1-2,5-6H2,(H,15,17). The third-order valence-electron chi connectivity index (χ3n) is 3.05. The van der Waals surface area contributed by atoms with Crippen molar-refractivity contribution in [2.75, 3.05) is 0 Å². The van der Waals surface area contributed by atoms with Crippen molar-refractivity contribution in [3.63, 3.8) is 0 Å². The van der Waals surface area contributed by atoms with Gasteiger partial charge in [-0.1, -0.05) is 24.4 Å². The van der Waals surface area contributed by atoms with E-state index < -0.39 is 6.10 Å². The molecule has 17 heavy (non-hydrogen) atoms. The van der Waals surface area contributed by atoms with Gasteiger partial charge in [0.15, 0.2) is 0 Å². The lowest BCUT2D eigenvalue weighted by molar-refractivity contribution is 0.0717. The number of nitrogens with one attached hydrogen (secondary N) is 1. The smallest absolute Gasteiger partial charge is 0.254 e. The van der Waals surface area contributed by atoms with E-state index in [4.69, 9.17) is 11.6 Å². The molecule has 2 N–H and O–H groups in total. The van der Waals surface area contributed by atoms with Gasteiger partial charge in [-0.25, -0.2) is 4.98 Å². The van der Waals surface area contributed by atoms with E-state index in [1.54, 1.807) is 12.1 Å². The number of carbonyl (C=O) groups is 1. The maximum Gasteiger partial charge on any atom is 0.254 e. The fraction of sp³-hybridized carbons (Fsp3) is 0.500. The molecule has 1 aliphatic carbocycles. The fourth-order valence-electron chi connectivity index (χ4n) is 2.08. The number of aliphatic hydroxyl groups excluding tert-OH is 1. The molecule has 2 atom stereocenters. The van der Waals surface area contributed by atoms with Gasteiger partial charge in [0, 0.05) is 6.20 Å². The molecule has 0 bridgehead atoms. The number of hydrogen-bond acceptors (Lipinski definition) is 3. The van der Waals surface area contributed by atoms with Gasteiger partial charge in [0.25, 0.3) is 5.91 Å². The van der Waals surface area contributed by atoms with Gasteiger partial charge in [0.1, 0.15) is 5.15 Å². The van der Waals surface area contributed by atoms with Crippen LogP contribution in [0.5, 0.6) is 0 Å². The normalized spacial score (nSPS) is 24.4. The van der Waals surface area contributed by atoms with E-state index in [1.165, 1.54) is 6.20 Å². The van der Waals surface area contributed by atoms with E-state index in [1.807, 2.05) is 0 Å². The summed E-state index contributed by atoms with van der Waals surface area (Å²) in [6.07, 6.45) is 4.68. The molecule has 0 radical (unpaired) electrons. The Hall–Kier alpha value is -1.13. The zero-order valence-corrected chi connectivity index (χ0v) is 10.2. The molecule has 2 rings (SSSR count). The number of nitrogens with zero attached hydrogens (tertiary/aromatic N) is 1. The number of pyridine rings is 1. The van der Waals surface area contributed by atoms with Crippen molar-refractivity contribution >= 4 is 17.5 Å². The number of amides is 1. The molecule has 1 fully saturated rings. The Balaban J connectivity index is 2.04. The second kappa shape index (κ2) is 5.47. The first-order chi connectivity index (χ1) is 8.18. The van der Waals surface area contributed by atoms with Crippen molar-refractivity contribution in [2.45, 2.75) is 37.8 Å². The summed E-state index contributed by atoms with van der Waals surface area (Å²) in [5, 5.41) is 12.8. The summed E-state index contributed by atoms with van der Waals surface area (Å²) in [6.45, 7) is 0. The quantitative estimate of drug-likeness (QED) is 0.791. The summed E-state index contributed by atoms with van der Waals surface area (Å²) in [4.78, 5) is 15.8. The highest BCUT2D eigenvalue weighted by Gasteiger charge is 2.25. The van der Waals surface area contributed by atoms with Crippen molar-refractivity contribution in [3.05, 3.63) is 29.0 Å². The number of carbonyl (C=O) groups excluding carboxylic acids is 1. The minimum absolute atomic E-state index is 0.174. The Bertz CT molecular complexity index is 411. The van der Waals surface area contributed by atoms with Crippen molar-refractivity contribution in [1.82, 2.24) is 10.3 Å². The monoisotopic (exact) mass is 254 g/mol. The molecule has 0 aromatic carbocycles. The average Bonchev–Trinajstić information content (AvgIpc) is 2.32. The van der Waals surface area contributed by atoms with Gasteiger partial charge in [-0.05, 0) is 25.0 Å². The lowest BCUT2D eigenvalue weighted by Gasteiger charge is -2.28. The summed E-state index contributed by atoms with van der Waals surface area (Å²) >= 11 is 5.84. The van der Waals surface area contributed by atoms with Crippen LogP contribution >= 0.6 is 11.6 Å². The molecule has 1 aromatic rings. The molecular weight excluding hydrogens is 240 g/mol. The summed E-state index contributed by atoms with van der Waals surface area (Å²) < 4.78 is 0. The van der Waals surface area contributed by atoms with E-state index in [2.05, 4.69) is 10.3 Å². The molecule has 92 valence electrons. The van der Waals surface area contributed by atoms with Crippen molar-refractivity contribution in [2.24, 2.45) is 0 Å². The van der Waals surface area contributed by atoms with Crippen LogP contribution in [0, 0.1) is 0 Å². The predicted octanol–water partition coefficient (Wildman–Crippen LogP) is 1.77. The number of hydrogen-bond donors (Lipinski definition) is 2. The first-order valence-electron chi connectivity index (χ1n) is 5.78. The number of aromatic nitrogens is 1. The molecule has 0 saturated heterocycles. The molecule has 5 heteroatoms. The van der Waals surface area contributed by atoms with Gasteiger partial charge in [-0.2, -0.15) is 0 Å². The van der Waals surface area contributed by atoms with E-state index in [0.29, 0.717) is 5.56 Å². The van der Waals surface area contributed by atoms with Crippen LogP contribution in [-0.4, -0.2) is 28.1 Å². The van der Waals surface area contributed by atoms with Gasteiger partial charge in [-0.15, -0.1) is 0 Å². The third kappa shape index (κ3) is 2.96. The highest BCUT2D eigenvalue weighted by molar-refractivity contribution is 6.32. The minimum Gasteiger partial charge on any atom is -0.391 e. The Morgan fingerprint density at radius 3 is 2.94 bits per heavy atom. The number of halogens is 1. The van der Waals surface area contributed by atoms with Gasteiger partial charge in [0.2, 0.25) is 0 Å². The van der Waals surface area contributed by atoms with Crippen molar-refractivity contribution in [1.29, 1.82) is 0 Å². The van der Waals surface area contributed by atoms with Gasteiger partial charge in [0.05, 0.1) is 17.7 Å². The Kier molecular flexibility index (Phi) is 3.97. The maximum atomic E-state index is 11.9. The molecule has 1 heterocycles. The first kappa shape index (κ1) is 12.3. The zero-order valence-electron chi connectivity index (χ0n) is 9.40. The molecular formula is C12H15ClN2O2. The average molecular weight is 255 g/mol. The van der Waals surface area contributed by atoms with Crippen LogP contribution in [-0.2, 0) is 0 Å². The summed E-state index contributed by atoms with van der Waals surface area (Å²) in [7, 11) is 0. The summed E-state index contributed by atoms with van der Waals surface area (Å²) in [5.74, 6) is -0.269. The summed E-state index contributed by atoms with van der Waals surface area (Å²) in [5.41, 5.74) is 0.354. The first-order valence-corrected chi connectivity index (χ1v) is 6.15. The van der Waals surface area contributed by atoms with Crippen LogP contribution in [0.2, 0.25) is 5.15 Å². The lowest BCUT2D eigenvalue weighted by atomic mass is 9.92. The molecule has 1 saturated carbocycles. The van der Waals surface area contributed by atoms with Crippen LogP contribution in [0.1, 0.15) is 36.0 Å². The lowest BCUT2D eigenvalue weighted by Crippen LogP contribution is -2.45. The van der Waals surface area contributed by atoms with E-state index in [0.717, 1.165) is 25.7 Å². The van der Waals surface area contributed by atoms with E-state index >= 15 is 0 Å². The molecule has 2 unspecified atom stereocenters. The van der Waals surface area contributed by atoms with Crippen LogP contribution in [0.4, 0.5) is 0 Å². The topological polar surface area (TPSA) is 62.2 Å². The van der Waals surface area contributed by atoms with Crippen LogP contribution in [0.3, 0.4) is 0 Å². The Labute approximate surface area is 105 Å². The summed E-state index contributed by atoms with van der Waals surface area (Å²) in [6, 6.07) is 3.12. The highest BCUT2D eigenvalue weighted by atomic mass is 35.5.